The van der Waals surface area contributed by atoms with Crippen LogP contribution in [-0.4, -0.2) is 35.2 Å². The highest BCUT2D eigenvalue weighted by atomic mass is 35.5. The SMILES string of the molecule is CCc1nc2c3cnn(CCCl)c3nc(N)n2n1. The number of nitrogens with zero attached hydrogens (tertiary/aromatic N) is 6. The number of nitrogens with two attached hydrogens (primary N) is 1. The quantitative estimate of drug-likeness (QED) is 0.710. The summed E-state index contributed by atoms with van der Waals surface area (Å²) in [5.41, 5.74) is 7.27. The predicted molar refractivity (Wildman–Crippen MR) is 68.6 cm³/mol. The molecule has 3 heterocycles. The predicted octanol–water partition coefficient (Wildman–Crippen LogP) is 0.857. The van der Waals surface area contributed by atoms with E-state index in [1.807, 2.05) is 6.92 Å². The van der Waals surface area contributed by atoms with E-state index >= 15 is 0 Å². The Balaban J connectivity index is 2.35. The molecular formula is C10H12ClN7. The monoisotopic (exact) mass is 265 g/mol. The molecule has 0 bridgehead atoms. The van der Waals surface area contributed by atoms with Crippen molar-refractivity contribution in [3.8, 4) is 0 Å². The minimum Gasteiger partial charge on any atom is -0.368 e. The third-order valence-corrected chi connectivity index (χ3v) is 2.92. The lowest BCUT2D eigenvalue weighted by molar-refractivity contribution is 0.680. The fourth-order valence-electron chi connectivity index (χ4n) is 1.89. The molecule has 0 radical (unpaired) electrons. The van der Waals surface area contributed by atoms with Crippen LogP contribution in [0.4, 0.5) is 5.95 Å². The van der Waals surface area contributed by atoms with Crippen LogP contribution in [0.2, 0.25) is 0 Å². The van der Waals surface area contributed by atoms with Crippen molar-refractivity contribution in [3.63, 3.8) is 0 Å². The lowest BCUT2D eigenvalue weighted by Crippen LogP contribution is -2.06. The van der Waals surface area contributed by atoms with Crippen molar-refractivity contribution in [2.24, 2.45) is 0 Å². The second kappa shape index (κ2) is 4.09. The van der Waals surface area contributed by atoms with E-state index in [-0.39, 0.29) is 0 Å². The highest BCUT2D eigenvalue weighted by molar-refractivity contribution is 6.17. The van der Waals surface area contributed by atoms with Crippen molar-refractivity contribution >= 4 is 34.2 Å². The Morgan fingerprint density at radius 2 is 2.17 bits per heavy atom. The zero-order valence-corrected chi connectivity index (χ0v) is 10.6. The molecule has 0 fully saturated rings. The summed E-state index contributed by atoms with van der Waals surface area (Å²) in [5.74, 6) is 1.51. The Bertz CT molecular complexity index is 714. The number of aryl methyl sites for hydroxylation is 2. The van der Waals surface area contributed by atoms with Crippen LogP contribution in [0.25, 0.3) is 16.7 Å². The molecule has 18 heavy (non-hydrogen) atoms. The van der Waals surface area contributed by atoms with Crippen molar-refractivity contribution in [2.75, 3.05) is 11.6 Å². The van der Waals surface area contributed by atoms with Crippen molar-refractivity contribution in [1.82, 2.24) is 29.4 Å². The molecule has 0 saturated heterocycles. The molecule has 7 nitrogen and oxygen atoms in total. The van der Waals surface area contributed by atoms with Gasteiger partial charge in [0, 0.05) is 12.3 Å². The Morgan fingerprint density at radius 3 is 2.89 bits per heavy atom. The minimum absolute atomic E-state index is 0.307. The number of nitrogen functional groups attached to an aromatic ring is 1. The average molecular weight is 266 g/mol. The minimum atomic E-state index is 0.307. The highest BCUT2D eigenvalue weighted by Gasteiger charge is 2.14. The van der Waals surface area contributed by atoms with Gasteiger partial charge in [0.2, 0.25) is 5.95 Å². The van der Waals surface area contributed by atoms with Crippen LogP contribution >= 0.6 is 11.6 Å². The summed E-state index contributed by atoms with van der Waals surface area (Å²) in [6.07, 6.45) is 2.47. The summed E-state index contributed by atoms with van der Waals surface area (Å²) in [6.45, 7) is 2.58. The number of aromatic nitrogens is 6. The van der Waals surface area contributed by atoms with Crippen molar-refractivity contribution in [3.05, 3.63) is 12.0 Å². The molecule has 94 valence electrons. The largest absolute Gasteiger partial charge is 0.368 e. The van der Waals surface area contributed by atoms with E-state index in [1.54, 1.807) is 15.4 Å². The van der Waals surface area contributed by atoms with Gasteiger partial charge in [0.1, 0.15) is 0 Å². The van der Waals surface area contributed by atoms with Gasteiger partial charge in [-0.1, -0.05) is 6.92 Å². The molecule has 0 aliphatic rings. The summed E-state index contributed by atoms with van der Waals surface area (Å²) in [5, 5.41) is 9.37. The van der Waals surface area contributed by atoms with E-state index in [0.717, 1.165) is 17.6 Å². The number of alkyl halides is 1. The van der Waals surface area contributed by atoms with E-state index in [2.05, 4.69) is 20.2 Å². The number of anilines is 1. The van der Waals surface area contributed by atoms with Crippen LogP contribution in [0.5, 0.6) is 0 Å². The number of hydrogen-bond donors (Lipinski definition) is 1. The van der Waals surface area contributed by atoms with Crippen LogP contribution in [0.15, 0.2) is 6.20 Å². The molecule has 0 unspecified atom stereocenters. The zero-order chi connectivity index (χ0) is 12.7. The molecule has 0 atom stereocenters. The smallest absolute Gasteiger partial charge is 0.225 e. The van der Waals surface area contributed by atoms with E-state index < -0.39 is 0 Å². The van der Waals surface area contributed by atoms with Crippen LogP contribution in [0.1, 0.15) is 12.7 Å². The van der Waals surface area contributed by atoms with Gasteiger partial charge in [0.05, 0.1) is 18.1 Å². The van der Waals surface area contributed by atoms with Gasteiger partial charge < -0.3 is 5.73 Å². The van der Waals surface area contributed by atoms with Gasteiger partial charge in [0.15, 0.2) is 17.1 Å². The Kier molecular flexibility index (Phi) is 2.55. The van der Waals surface area contributed by atoms with Gasteiger partial charge in [-0.15, -0.1) is 16.7 Å². The van der Waals surface area contributed by atoms with E-state index in [1.165, 1.54) is 0 Å². The third kappa shape index (κ3) is 1.51. The molecular weight excluding hydrogens is 254 g/mol. The average Bonchev–Trinajstić information content (AvgIpc) is 2.94. The summed E-state index contributed by atoms with van der Waals surface area (Å²) >= 11 is 5.72. The first kappa shape index (κ1) is 11.2. The van der Waals surface area contributed by atoms with Gasteiger partial charge in [-0.2, -0.15) is 14.6 Å². The van der Waals surface area contributed by atoms with Crippen LogP contribution in [0, 0.1) is 0 Å². The van der Waals surface area contributed by atoms with Crippen LogP contribution in [0.3, 0.4) is 0 Å². The molecule has 8 heteroatoms. The molecule has 0 aromatic carbocycles. The Hall–Kier alpha value is -1.89. The molecule has 0 saturated carbocycles. The number of fused-ring (bicyclic) bond motifs is 3. The molecule has 0 amide bonds. The third-order valence-electron chi connectivity index (χ3n) is 2.75. The number of hydrogen-bond acceptors (Lipinski definition) is 5. The normalized spacial score (nSPS) is 11.7. The fourth-order valence-corrected chi connectivity index (χ4v) is 2.05. The standard InChI is InChI=1S/C10H12ClN7/c1-2-7-14-9-6-5-13-17(4-3-11)8(6)15-10(12)18(9)16-7/h5H,2-4H2,1H3,(H2,12,15). The lowest BCUT2D eigenvalue weighted by Gasteiger charge is -2.01. The van der Waals surface area contributed by atoms with Gasteiger partial charge >= 0.3 is 0 Å². The lowest BCUT2D eigenvalue weighted by atomic mass is 10.4. The molecule has 2 N–H and O–H groups in total. The Morgan fingerprint density at radius 1 is 1.33 bits per heavy atom. The first-order valence-corrected chi connectivity index (χ1v) is 6.20. The summed E-state index contributed by atoms with van der Waals surface area (Å²) < 4.78 is 3.27. The highest BCUT2D eigenvalue weighted by Crippen LogP contribution is 2.19. The van der Waals surface area contributed by atoms with Gasteiger partial charge in [0.25, 0.3) is 0 Å². The Labute approximate surface area is 108 Å². The molecule has 3 aromatic heterocycles. The van der Waals surface area contributed by atoms with Gasteiger partial charge in [-0.25, -0.2) is 9.67 Å². The summed E-state index contributed by atoms with van der Waals surface area (Å²) in [4.78, 5) is 8.75. The first-order valence-electron chi connectivity index (χ1n) is 5.67. The fraction of sp³-hybridized carbons (Fsp3) is 0.400. The molecule has 3 rings (SSSR count). The second-order valence-electron chi connectivity index (χ2n) is 3.88. The van der Waals surface area contributed by atoms with Crippen molar-refractivity contribution in [1.29, 1.82) is 0 Å². The van der Waals surface area contributed by atoms with Crippen molar-refractivity contribution in [2.45, 2.75) is 19.9 Å². The van der Waals surface area contributed by atoms with Gasteiger partial charge in [-0.05, 0) is 0 Å². The van der Waals surface area contributed by atoms with E-state index in [0.29, 0.717) is 29.7 Å². The summed E-state index contributed by atoms with van der Waals surface area (Å²) in [7, 11) is 0. The maximum absolute atomic E-state index is 5.89. The van der Waals surface area contributed by atoms with Gasteiger partial charge in [-0.3, -0.25) is 0 Å². The van der Waals surface area contributed by atoms with Crippen molar-refractivity contribution < 1.29 is 0 Å². The molecule has 3 aromatic rings. The van der Waals surface area contributed by atoms with E-state index in [4.69, 9.17) is 17.3 Å². The number of rotatable bonds is 3. The summed E-state index contributed by atoms with van der Waals surface area (Å²) in [6, 6.07) is 0. The molecule has 0 aliphatic carbocycles. The molecule has 0 spiro atoms. The van der Waals surface area contributed by atoms with Crippen LogP contribution in [-0.2, 0) is 13.0 Å². The topological polar surface area (TPSA) is 86.9 Å². The maximum Gasteiger partial charge on any atom is 0.225 e. The maximum atomic E-state index is 5.89. The second-order valence-corrected chi connectivity index (χ2v) is 4.26. The first-order chi connectivity index (χ1) is 8.74. The van der Waals surface area contributed by atoms with Crippen LogP contribution < -0.4 is 5.73 Å². The number of halogens is 1. The van der Waals surface area contributed by atoms with E-state index in [9.17, 15) is 0 Å². The zero-order valence-electron chi connectivity index (χ0n) is 9.84. The molecule has 0 aliphatic heterocycles.